The van der Waals surface area contributed by atoms with Crippen LogP contribution in [0.15, 0.2) is 4.99 Å². The van der Waals surface area contributed by atoms with Crippen LogP contribution in [0.5, 0.6) is 0 Å². The Bertz CT molecular complexity index is 484. The number of nitrogens with one attached hydrogen (secondary N) is 2. The second-order valence-corrected chi connectivity index (χ2v) is 10.1. The summed E-state index contributed by atoms with van der Waals surface area (Å²) in [6, 6.07) is 0.270. The fourth-order valence-corrected chi connectivity index (χ4v) is 4.18. The molecule has 1 rings (SSSR count). The Morgan fingerprint density at radius 2 is 1.96 bits per heavy atom. The zero-order valence-corrected chi connectivity index (χ0v) is 16.7. The first-order valence-electron chi connectivity index (χ1n) is 8.24. The van der Waals surface area contributed by atoms with E-state index < -0.39 is 10.0 Å². The average Bonchev–Trinajstić information content (AvgIpc) is 2.52. The zero-order valence-electron chi connectivity index (χ0n) is 15.1. The van der Waals surface area contributed by atoms with Crippen molar-refractivity contribution in [2.45, 2.75) is 50.8 Å². The van der Waals surface area contributed by atoms with Crippen LogP contribution in [0.1, 0.15) is 40.0 Å². The van der Waals surface area contributed by atoms with E-state index in [2.05, 4.69) is 35.7 Å². The summed E-state index contributed by atoms with van der Waals surface area (Å²) >= 11 is 1.81. The Balaban J connectivity index is 2.45. The van der Waals surface area contributed by atoms with Crippen molar-refractivity contribution >= 4 is 27.7 Å². The van der Waals surface area contributed by atoms with Crippen LogP contribution in [-0.2, 0) is 10.0 Å². The smallest absolute Gasteiger partial charge is 0.214 e. The maximum absolute atomic E-state index is 12.1. The molecule has 0 radical (unpaired) electrons. The summed E-state index contributed by atoms with van der Waals surface area (Å²) in [5.74, 6) is 1.04. The van der Waals surface area contributed by atoms with E-state index in [0.29, 0.717) is 19.5 Å². The van der Waals surface area contributed by atoms with Crippen LogP contribution in [-0.4, -0.2) is 68.2 Å². The average molecular weight is 365 g/mol. The van der Waals surface area contributed by atoms with Crippen molar-refractivity contribution in [1.29, 1.82) is 0 Å². The van der Waals surface area contributed by atoms with Gasteiger partial charge in [-0.25, -0.2) is 12.7 Å². The van der Waals surface area contributed by atoms with E-state index in [1.54, 1.807) is 11.4 Å². The van der Waals surface area contributed by atoms with E-state index in [1.807, 2.05) is 18.7 Å². The molecule has 23 heavy (non-hydrogen) atoms. The van der Waals surface area contributed by atoms with Crippen LogP contribution >= 0.6 is 11.8 Å². The molecular formula is C15H32N4O2S2. The normalized spacial score (nSPS) is 18.9. The molecule has 0 bridgehead atoms. The highest BCUT2D eigenvalue weighted by Gasteiger charge is 2.27. The Morgan fingerprint density at radius 3 is 2.43 bits per heavy atom. The van der Waals surface area contributed by atoms with Crippen molar-refractivity contribution in [3.63, 3.8) is 0 Å². The lowest BCUT2D eigenvalue weighted by Gasteiger charge is -2.33. The molecule has 0 aromatic carbocycles. The number of thioether (sulfide) groups is 1. The Hall–Kier alpha value is -0.470. The molecule has 2 N–H and O–H groups in total. The SMILES string of the molecule is CCCS(=O)(=O)N1CCC(NC(=NC)NCC(C)(C)SC)CC1. The number of sulfonamides is 1. The molecular weight excluding hydrogens is 332 g/mol. The van der Waals surface area contributed by atoms with Gasteiger partial charge in [0.1, 0.15) is 0 Å². The number of nitrogens with zero attached hydrogens (tertiary/aromatic N) is 2. The number of rotatable bonds is 7. The van der Waals surface area contributed by atoms with Crippen molar-refractivity contribution < 1.29 is 8.42 Å². The number of piperidine rings is 1. The molecule has 0 unspecified atom stereocenters. The van der Waals surface area contributed by atoms with Gasteiger partial charge >= 0.3 is 0 Å². The van der Waals surface area contributed by atoms with Crippen LogP contribution in [0.25, 0.3) is 0 Å². The number of hydrogen-bond donors (Lipinski definition) is 2. The van der Waals surface area contributed by atoms with Crippen molar-refractivity contribution in [2.75, 3.05) is 38.7 Å². The summed E-state index contributed by atoms with van der Waals surface area (Å²) in [6.07, 6.45) is 4.40. The molecule has 8 heteroatoms. The minimum absolute atomic E-state index is 0.148. The van der Waals surface area contributed by atoms with Gasteiger partial charge < -0.3 is 10.6 Å². The summed E-state index contributed by atoms with van der Waals surface area (Å²) in [7, 11) is -1.30. The third kappa shape index (κ3) is 6.89. The quantitative estimate of drug-likeness (QED) is 0.529. The molecule has 1 aliphatic heterocycles. The Labute approximate surface area is 145 Å². The largest absolute Gasteiger partial charge is 0.355 e. The van der Waals surface area contributed by atoms with Gasteiger partial charge in [-0.2, -0.15) is 11.8 Å². The van der Waals surface area contributed by atoms with E-state index in [1.165, 1.54) is 0 Å². The van der Waals surface area contributed by atoms with Gasteiger partial charge in [-0.05, 0) is 39.4 Å². The van der Waals surface area contributed by atoms with Gasteiger partial charge in [-0.15, -0.1) is 0 Å². The summed E-state index contributed by atoms with van der Waals surface area (Å²) < 4.78 is 25.9. The molecule has 0 amide bonds. The van der Waals surface area contributed by atoms with E-state index in [-0.39, 0.29) is 16.5 Å². The third-order valence-corrected chi connectivity index (χ3v) is 7.43. The second-order valence-electron chi connectivity index (χ2n) is 6.52. The van der Waals surface area contributed by atoms with E-state index in [9.17, 15) is 8.42 Å². The van der Waals surface area contributed by atoms with Crippen LogP contribution in [0.4, 0.5) is 0 Å². The predicted octanol–water partition coefficient (Wildman–Crippen LogP) is 1.50. The third-order valence-electron chi connectivity index (χ3n) is 4.11. The van der Waals surface area contributed by atoms with Crippen molar-refractivity contribution in [3.05, 3.63) is 0 Å². The molecule has 1 saturated heterocycles. The van der Waals surface area contributed by atoms with Crippen LogP contribution in [0, 0.1) is 0 Å². The van der Waals surface area contributed by atoms with Crippen molar-refractivity contribution in [1.82, 2.24) is 14.9 Å². The van der Waals surface area contributed by atoms with Gasteiger partial charge in [0.15, 0.2) is 5.96 Å². The second kappa shape index (κ2) is 9.13. The lowest BCUT2D eigenvalue weighted by Crippen LogP contribution is -2.51. The van der Waals surface area contributed by atoms with E-state index >= 15 is 0 Å². The zero-order chi connectivity index (χ0) is 17.5. The van der Waals surface area contributed by atoms with Gasteiger partial charge in [0.25, 0.3) is 0 Å². The Kier molecular flexibility index (Phi) is 8.17. The van der Waals surface area contributed by atoms with Crippen molar-refractivity contribution in [2.24, 2.45) is 4.99 Å². The topological polar surface area (TPSA) is 73.8 Å². The summed E-state index contributed by atoms with van der Waals surface area (Å²) in [4.78, 5) is 4.27. The van der Waals surface area contributed by atoms with Gasteiger partial charge in [0.05, 0.1) is 5.75 Å². The molecule has 0 aromatic heterocycles. The summed E-state index contributed by atoms with van der Waals surface area (Å²) in [6.45, 7) is 8.29. The fraction of sp³-hybridized carbons (Fsp3) is 0.933. The highest BCUT2D eigenvalue weighted by molar-refractivity contribution is 7.99. The Morgan fingerprint density at radius 1 is 1.35 bits per heavy atom. The molecule has 0 atom stereocenters. The molecule has 6 nitrogen and oxygen atoms in total. The number of aliphatic imine (C=N–C) groups is 1. The monoisotopic (exact) mass is 364 g/mol. The minimum Gasteiger partial charge on any atom is -0.355 e. The minimum atomic E-state index is -3.07. The maximum atomic E-state index is 12.1. The molecule has 1 fully saturated rings. The van der Waals surface area contributed by atoms with Gasteiger partial charge in [0, 0.05) is 37.5 Å². The van der Waals surface area contributed by atoms with Crippen LogP contribution in [0.3, 0.4) is 0 Å². The van der Waals surface area contributed by atoms with Gasteiger partial charge in [0.2, 0.25) is 10.0 Å². The van der Waals surface area contributed by atoms with Crippen LogP contribution < -0.4 is 10.6 Å². The molecule has 0 aliphatic carbocycles. The van der Waals surface area contributed by atoms with Gasteiger partial charge in [-0.1, -0.05) is 6.92 Å². The standard InChI is InChI=1S/C15H32N4O2S2/c1-6-11-23(20,21)19-9-7-13(8-10-19)18-14(16-4)17-12-15(2,3)22-5/h13H,6-12H2,1-5H3,(H2,16,17,18). The maximum Gasteiger partial charge on any atom is 0.214 e. The van der Waals surface area contributed by atoms with E-state index in [4.69, 9.17) is 0 Å². The number of guanidine groups is 1. The fourth-order valence-electron chi connectivity index (χ4n) is 2.42. The van der Waals surface area contributed by atoms with Gasteiger partial charge in [-0.3, -0.25) is 4.99 Å². The summed E-state index contributed by atoms with van der Waals surface area (Å²) in [5, 5.41) is 6.77. The molecule has 1 aliphatic rings. The van der Waals surface area contributed by atoms with Crippen molar-refractivity contribution in [3.8, 4) is 0 Å². The first-order chi connectivity index (χ1) is 10.7. The lowest BCUT2D eigenvalue weighted by atomic mass is 10.1. The first-order valence-corrected chi connectivity index (χ1v) is 11.1. The molecule has 0 spiro atoms. The molecule has 1 heterocycles. The number of hydrogen-bond acceptors (Lipinski definition) is 4. The molecule has 0 aromatic rings. The first kappa shape index (κ1) is 20.6. The molecule has 136 valence electrons. The highest BCUT2D eigenvalue weighted by Crippen LogP contribution is 2.19. The summed E-state index contributed by atoms with van der Waals surface area (Å²) in [5.41, 5.74) is 0. The predicted molar refractivity (Wildman–Crippen MR) is 101 cm³/mol. The van der Waals surface area contributed by atoms with Crippen LogP contribution in [0.2, 0.25) is 0 Å². The molecule has 0 saturated carbocycles. The van der Waals surface area contributed by atoms with E-state index in [0.717, 1.165) is 25.3 Å². The highest BCUT2D eigenvalue weighted by atomic mass is 32.2. The lowest BCUT2D eigenvalue weighted by molar-refractivity contribution is 0.306.